The minimum atomic E-state index is 0.152. The Balaban J connectivity index is 1.59. The number of carbonyl (C=O) groups is 1. The molecule has 1 aromatic rings. The smallest absolute Gasteiger partial charge is 0.225 e. The van der Waals surface area contributed by atoms with Gasteiger partial charge < -0.3 is 10.6 Å². The van der Waals surface area contributed by atoms with Crippen molar-refractivity contribution in [2.24, 2.45) is 17.6 Å². The molecule has 0 spiro atoms. The lowest BCUT2D eigenvalue weighted by Crippen LogP contribution is -2.38. The van der Waals surface area contributed by atoms with Crippen molar-refractivity contribution in [2.45, 2.75) is 44.6 Å². The molecule has 1 amide bonds. The van der Waals surface area contributed by atoms with Crippen LogP contribution in [0.15, 0.2) is 24.3 Å². The van der Waals surface area contributed by atoms with Gasteiger partial charge in [-0.15, -0.1) is 0 Å². The predicted octanol–water partition coefficient (Wildman–Crippen LogP) is 3.25. The number of rotatable bonds is 6. The van der Waals surface area contributed by atoms with Gasteiger partial charge >= 0.3 is 0 Å². The molecular weight excluding hydrogens is 296 g/mol. The number of hydrogen-bond donors (Lipinski definition) is 1. The average Bonchev–Trinajstić information content (AvgIpc) is 3.23. The first-order valence-electron chi connectivity index (χ1n) is 8.40. The Morgan fingerprint density at radius 1 is 1.18 bits per heavy atom. The summed E-state index contributed by atoms with van der Waals surface area (Å²) < 4.78 is 0. The van der Waals surface area contributed by atoms with Gasteiger partial charge in [-0.05, 0) is 62.1 Å². The Morgan fingerprint density at radius 2 is 1.91 bits per heavy atom. The molecule has 2 fully saturated rings. The van der Waals surface area contributed by atoms with Crippen molar-refractivity contribution >= 4 is 17.5 Å². The number of halogens is 1. The highest BCUT2D eigenvalue weighted by Gasteiger charge is 2.33. The van der Waals surface area contributed by atoms with Gasteiger partial charge in [-0.2, -0.15) is 0 Å². The lowest BCUT2D eigenvalue weighted by Gasteiger charge is -2.26. The first kappa shape index (κ1) is 15.8. The molecular formula is C18H25ClN2O. The van der Waals surface area contributed by atoms with Crippen LogP contribution in [-0.4, -0.2) is 29.9 Å². The summed E-state index contributed by atoms with van der Waals surface area (Å²) in [7, 11) is 0. The zero-order valence-corrected chi connectivity index (χ0v) is 13.8. The van der Waals surface area contributed by atoms with E-state index < -0.39 is 0 Å². The molecule has 2 unspecified atom stereocenters. The van der Waals surface area contributed by atoms with Crippen molar-refractivity contribution in [1.82, 2.24) is 4.90 Å². The Hall–Kier alpha value is -1.06. The van der Waals surface area contributed by atoms with Gasteiger partial charge in [0.15, 0.2) is 0 Å². The van der Waals surface area contributed by atoms with Crippen LogP contribution in [0.4, 0.5) is 0 Å². The van der Waals surface area contributed by atoms with Crippen LogP contribution in [-0.2, 0) is 11.2 Å². The van der Waals surface area contributed by atoms with Gasteiger partial charge in [0.05, 0.1) is 0 Å². The number of nitrogens with zero attached hydrogens (tertiary/aromatic N) is 1. The zero-order valence-electron chi connectivity index (χ0n) is 13.0. The van der Waals surface area contributed by atoms with Crippen molar-refractivity contribution in [2.75, 3.05) is 13.1 Å². The van der Waals surface area contributed by atoms with Gasteiger partial charge in [-0.3, -0.25) is 4.79 Å². The minimum absolute atomic E-state index is 0.152. The molecule has 120 valence electrons. The maximum absolute atomic E-state index is 12.8. The molecule has 0 bridgehead atoms. The molecule has 2 saturated carbocycles. The van der Waals surface area contributed by atoms with Gasteiger partial charge in [0.25, 0.3) is 0 Å². The maximum atomic E-state index is 12.8. The van der Waals surface area contributed by atoms with Crippen LogP contribution in [0, 0.1) is 11.8 Å². The molecule has 0 saturated heterocycles. The molecule has 0 heterocycles. The molecule has 2 aliphatic carbocycles. The molecule has 2 N–H and O–H groups in total. The largest absolute Gasteiger partial charge is 0.342 e. The summed E-state index contributed by atoms with van der Waals surface area (Å²) in [6, 6.07) is 8.15. The zero-order chi connectivity index (χ0) is 15.5. The van der Waals surface area contributed by atoms with Crippen LogP contribution in [0.1, 0.15) is 37.7 Å². The van der Waals surface area contributed by atoms with Crippen LogP contribution < -0.4 is 5.73 Å². The summed E-state index contributed by atoms with van der Waals surface area (Å²) in [6.45, 7) is 1.74. The van der Waals surface area contributed by atoms with Crippen LogP contribution in [0.5, 0.6) is 0 Å². The SMILES string of the molecule is NC1CCC(C(=O)N(CCc2ccc(Cl)cc2)CC2CC2)C1. The average molecular weight is 321 g/mol. The summed E-state index contributed by atoms with van der Waals surface area (Å²) in [4.78, 5) is 14.9. The van der Waals surface area contributed by atoms with E-state index in [0.29, 0.717) is 5.91 Å². The third-order valence-electron chi connectivity index (χ3n) is 4.89. The van der Waals surface area contributed by atoms with Crippen molar-refractivity contribution in [3.63, 3.8) is 0 Å². The highest BCUT2D eigenvalue weighted by atomic mass is 35.5. The van der Waals surface area contributed by atoms with E-state index in [-0.39, 0.29) is 12.0 Å². The van der Waals surface area contributed by atoms with E-state index in [0.717, 1.165) is 49.7 Å². The number of nitrogens with two attached hydrogens (primary N) is 1. The summed E-state index contributed by atoms with van der Waals surface area (Å²) in [6.07, 6.45) is 6.26. The normalized spacial score (nSPS) is 24.5. The van der Waals surface area contributed by atoms with Gasteiger partial charge in [-0.1, -0.05) is 23.7 Å². The molecule has 4 heteroatoms. The molecule has 2 atom stereocenters. The summed E-state index contributed by atoms with van der Waals surface area (Å²) >= 11 is 5.93. The van der Waals surface area contributed by atoms with E-state index in [2.05, 4.69) is 4.90 Å². The number of benzene rings is 1. The van der Waals surface area contributed by atoms with Crippen LogP contribution >= 0.6 is 11.6 Å². The van der Waals surface area contributed by atoms with E-state index >= 15 is 0 Å². The van der Waals surface area contributed by atoms with Crippen molar-refractivity contribution in [3.05, 3.63) is 34.9 Å². The fraction of sp³-hybridized carbons (Fsp3) is 0.611. The summed E-state index contributed by atoms with van der Waals surface area (Å²) in [5.41, 5.74) is 7.21. The minimum Gasteiger partial charge on any atom is -0.342 e. The molecule has 2 aliphatic rings. The molecule has 3 nitrogen and oxygen atoms in total. The monoisotopic (exact) mass is 320 g/mol. The topological polar surface area (TPSA) is 46.3 Å². The second-order valence-corrected chi connectivity index (χ2v) is 7.31. The Bertz CT molecular complexity index is 512. The fourth-order valence-corrected chi connectivity index (χ4v) is 3.44. The van der Waals surface area contributed by atoms with Gasteiger partial charge in [0.1, 0.15) is 0 Å². The first-order chi connectivity index (χ1) is 10.6. The van der Waals surface area contributed by atoms with E-state index in [4.69, 9.17) is 17.3 Å². The van der Waals surface area contributed by atoms with Crippen LogP contribution in [0.3, 0.4) is 0 Å². The number of amides is 1. The standard InChI is InChI=1S/C18H25ClN2O/c19-16-6-3-13(4-7-16)9-10-21(12-14-1-2-14)18(22)15-5-8-17(20)11-15/h3-4,6-7,14-15,17H,1-2,5,8-12,20H2. The molecule has 22 heavy (non-hydrogen) atoms. The third-order valence-corrected chi connectivity index (χ3v) is 5.15. The summed E-state index contributed by atoms with van der Waals surface area (Å²) in [5, 5.41) is 0.759. The van der Waals surface area contributed by atoms with Gasteiger partial charge in [0.2, 0.25) is 5.91 Å². The summed E-state index contributed by atoms with van der Waals surface area (Å²) in [5.74, 6) is 1.21. The Kier molecular flexibility index (Phi) is 5.04. The van der Waals surface area contributed by atoms with E-state index in [9.17, 15) is 4.79 Å². The Labute approximate surface area is 137 Å². The Morgan fingerprint density at radius 3 is 2.50 bits per heavy atom. The number of hydrogen-bond acceptors (Lipinski definition) is 2. The second-order valence-electron chi connectivity index (χ2n) is 6.87. The predicted molar refractivity (Wildman–Crippen MR) is 89.8 cm³/mol. The van der Waals surface area contributed by atoms with E-state index in [1.807, 2.05) is 24.3 Å². The van der Waals surface area contributed by atoms with Crippen molar-refractivity contribution < 1.29 is 4.79 Å². The maximum Gasteiger partial charge on any atom is 0.225 e. The molecule has 3 rings (SSSR count). The first-order valence-corrected chi connectivity index (χ1v) is 8.78. The third kappa shape index (κ3) is 4.23. The lowest BCUT2D eigenvalue weighted by molar-refractivity contribution is -0.135. The highest BCUT2D eigenvalue weighted by molar-refractivity contribution is 6.30. The molecule has 1 aromatic carbocycles. The lowest BCUT2D eigenvalue weighted by atomic mass is 10.0. The van der Waals surface area contributed by atoms with Crippen molar-refractivity contribution in [1.29, 1.82) is 0 Å². The van der Waals surface area contributed by atoms with Crippen LogP contribution in [0.25, 0.3) is 0 Å². The molecule has 0 aromatic heterocycles. The second kappa shape index (κ2) is 7.01. The fourth-order valence-electron chi connectivity index (χ4n) is 3.32. The van der Waals surface area contributed by atoms with Crippen LogP contribution in [0.2, 0.25) is 5.02 Å². The van der Waals surface area contributed by atoms with E-state index in [1.54, 1.807) is 0 Å². The van der Waals surface area contributed by atoms with Gasteiger partial charge in [-0.25, -0.2) is 0 Å². The molecule has 0 aliphatic heterocycles. The number of carbonyl (C=O) groups excluding carboxylic acids is 1. The van der Waals surface area contributed by atoms with Crippen molar-refractivity contribution in [3.8, 4) is 0 Å². The quantitative estimate of drug-likeness (QED) is 0.874. The molecule has 0 radical (unpaired) electrons. The highest BCUT2D eigenvalue weighted by Crippen LogP contribution is 2.32. The van der Waals surface area contributed by atoms with Gasteiger partial charge in [0, 0.05) is 30.1 Å². The van der Waals surface area contributed by atoms with E-state index in [1.165, 1.54) is 18.4 Å².